The van der Waals surface area contributed by atoms with Gasteiger partial charge in [-0.1, -0.05) is 31.6 Å². The van der Waals surface area contributed by atoms with E-state index in [4.69, 9.17) is 10.5 Å². The number of nitrogens with zero attached hydrogens (tertiary/aromatic N) is 2. The van der Waals surface area contributed by atoms with Crippen molar-refractivity contribution in [3.05, 3.63) is 48.2 Å². The minimum absolute atomic E-state index is 0.0999. The third kappa shape index (κ3) is 4.51. The van der Waals surface area contributed by atoms with E-state index in [1.165, 1.54) is 12.3 Å². The van der Waals surface area contributed by atoms with Gasteiger partial charge < -0.3 is 26.5 Å². The highest BCUT2D eigenvalue weighted by Crippen LogP contribution is 2.37. The lowest BCUT2D eigenvalue weighted by molar-refractivity contribution is 0.288. The molecule has 0 radical (unpaired) electrons. The van der Waals surface area contributed by atoms with E-state index in [1.807, 2.05) is 4.57 Å². The summed E-state index contributed by atoms with van der Waals surface area (Å²) in [5.74, 6) is 1.36. The van der Waals surface area contributed by atoms with Crippen LogP contribution in [0.15, 0.2) is 36.7 Å². The molecule has 150 valence electrons. The van der Waals surface area contributed by atoms with Crippen molar-refractivity contribution >= 4 is 23.7 Å². The molecule has 0 spiro atoms. The molecule has 1 aliphatic carbocycles. The molecular weight excluding hydrogens is 359 g/mol. The maximum absolute atomic E-state index is 14.2. The third-order valence-corrected chi connectivity index (χ3v) is 4.83. The second-order valence-corrected chi connectivity index (χ2v) is 6.83. The molecule has 0 amide bonds. The minimum atomic E-state index is -0.357. The van der Waals surface area contributed by atoms with Gasteiger partial charge in [0.1, 0.15) is 17.3 Å². The molecule has 1 aliphatic rings. The van der Waals surface area contributed by atoms with Crippen molar-refractivity contribution in [2.45, 2.75) is 38.1 Å². The summed E-state index contributed by atoms with van der Waals surface area (Å²) in [6.07, 6.45) is 6.03. The molecule has 0 bridgehead atoms. The van der Waals surface area contributed by atoms with Crippen molar-refractivity contribution in [2.24, 2.45) is 0 Å². The highest BCUT2D eigenvalue weighted by Gasteiger charge is 2.26. The molecule has 0 aliphatic heterocycles. The molecule has 0 atom stereocenters. The van der Waals surface area contributed by atoms with Crippen LogP contribution in [0.4, 0.5) is 21.8 Å². The highest BCUT2D eigenvalue weighted by molar-refractivity contribution is 5.84. The number of aliphatic hydroxyl groups is 1. The first-order valence-corrected chi connectivity index (χ1v) is 9.59. The largest absolute Gasteiger partial charge is 0.396 e. The summed E-state index contributed by atoms with van der Waals surface area (Å²) in [7, 11) is 0. The van der Waals surface area contributed by atoms with Crippen LogP contribution in [-0.4, -0.2) is 34.0 Å². The Labute approximate surface area is 164 Å². The van der Waals surface area contributed by atoms with Crippen LogP contribution in [-0.2, 0) is 0 Å². The van der Waals surface area contributed by atoms with Gasteiger partial charge in [-0.3, -0.25) is 4.57 Å². The molecule has 8 heteroatoms. The quantitative estimate of drug-likeness (QED) is 0.317. The number of aliphatic hydroxyl groups excluding tert-OH is 1. The Morgan fingerprint density at radius 1 is 1.36 bits per heavy atom. The zero-order valence-corrected chi connectivity index (χ0v) is 15.8. The molecule has 1 saturated carbocycles. The van der Waals surface area contributed by atoms with Crippen molar-refractivity contribution in [3.63, 3.8) is 0 Å². The number of hydrogen-bond donors (Lipinski definition) is 5. The third-order valence-electron chi connectivity index (χ3n) is 4.83. The lowest BCUT2D eigenvalue weighted by atomic mass is 10.2. The number of para-hydroxylation sites is 1. The molecule has 0 saturated heterocycles. The Morgan fingerprint density at radius 3 is 2.79 bits per heavy atom. The number of halogens is 1. The second-order valence-electron chi connectivity index (χ2n) is 6.83. The van der Waals surface area contributed by atoms with Crippen molar-refractivity contribution in [1.82, 2.24) is 14.9 Å². The minimum Gasteiger partial charge on any atom is -0.396 e. The van der Waals surface area contributed by atoms with Crippen LogP contribution in [0.3, 0.4) is 0 Å². The maximum atomic E-state index is 14.2. The van der Waals surface area contributed by atoms with Crippen molar-refractivity contribution in [3.8, 4) is 0 Å². The van der Waals surface area contributed by atoms with Gasteiger partial charge in [-0.05, 0) is 31.4 Å². The fourth-order valence-corrected chi connectivity index (χ4v) is 3.47. The molecule has 1 aromatic heterocycles. The van der Waals surface area contributed by atoms with Gasteiger partial charge in [-0.15, -0.1) is 0 Å². The molecule has 7 nitrogen and oxygen atoms in total. The molecule has 3 rings (SSSR count). The summed E-state index contributed by atoms with van der Waals surface area (Å²) in [6, 6.07) is 6.67. The van der Waals surface area contributed by atoms with Gasteiger partial charge in [0.15, 0.2) is 0 Å². The average Bonchev–Trinajstić information content (AvgIpc) is 3.31. The summed E-state index contributed by atoms with van der Waals surface area (Å²) in [6.45, 7) is 4.66. The number of aromatic nitrogens is 2. The summed E-state index contributed by atoms with van der Waals surface area (Å²) < 4.78 is 16.2. The summed E-state index contributed by atoms with van der Waals surface area (Å²) in [5.41, 5.74) is 0.797. The Bertz CT molecular complexity index is 828. The Kier molecular flexibility index (Phi) is 6.65. The molecule has 1 heterocycles. The molecule has 2 aromatic rings. The average molecular weight is 386 g/mol. The van der Waals surface area contributed by atoms with Crippen LogP contribution in [0.25, 0.3) is 0 Å². The van der Waals surface area contributed by atoms with Gasteiger partial charge in [0.2, 0.25) is 5.95 Å². The van der Waals surface area contributed by atoms with Crippen LogP contribution in [0.2, 0.25) is 0 Å². The van der Waals surface area contributed by atoms with Crippen LogP contribution >= 0.6 is 0 Å². The molecule has 28 heavy (non-hydrogen) atoms. The smallest absolute Gasteiger partial charge is 0.209 e. The zero-order chi connectivity index (χ0) is 19.9. The zero-order valence-electron chi connectivity index (χ0n) is 15.8. The summed E-state index contributed by atoms with van der Waals surface area (Å²) >= 11 is 0. The molecule has 0 unspecified atom stereocenters. The molecule has 1 aromatic carbocycles. The van der Waals surface area contributed by atoms with Gasteiger partial charge in [-0.2, -0.15) is 0 Å². The predicted molar refractivity (Wildman–Crippen MR) is 110 cm³/mol. The van der Waals surface area contributed by atoms with E-state index in [0.717, 1.165) is 25.7 Å². The van der Waals surface area contributed by atoms with Gasteiger partial charge >= 0.3 is 0 Å². The monoisotopic (exact) mass is 386 g/mol. The number of imidazole rings is 1. The lowest BCUT2D eigenvalue weighted by Crippen LogP contribution is -2.23. The van der Waals surface area contributed by atoms with Crippen molar-refractivity contribution in [2.75, 3.05) is 23.8 Å². The van der Waals surface area contributed by atoms with Crippen molar-refractivity contribution in [1.29, 1.82) is 5.41 Å². The van der Waals surface area contributed by atoms with Gasteiger partial charge in [0.05, 0.1) is 11.5 Å². The SMILES string of the molecule is C=C(NCCCO)Nc1c(C=N)nc(Nc2ccccc2F)n1C1CCCC1. The van der Waals surface area contributed by atoms with Crippen LogP contribution in [0, 0.1) is 11.2 Å². The fraction of sp³-hybridized carbons (Fsp3) is 0.400. The number of hydrogen-bond acceptors (Lipinski definition) is 6. The number of nitrogens with one attached hydrogen (secondary N) is 4. The van der Waals surface area contributed by atoms with E-state index in [0.29, 0.717) is 41.9 Å². The van der Waals surface area contributed by atoms with E-state index in [2.05, 4.69) is 27.5 Å². The normalized spacial score (nSPS) is 14.1. The first-order valence-electron chi connectivity index (χ1n) is 9.59. The number of benzene rings is 1. The van der Waals surface area contributed by atoms with E-state index in [9.17, 15) is 4.39 Å². The van der Waals surface area contributed by atoms with Crippen LogP contribution in [0.1, 0.15) is 43.8 Å². The second kappa shape index (κ2) is 9.36. The first kappa shape index (κ1) is 19.9. The fourth-order valence-electron chi connectivity index (χ4n) is 3.47. The highest BCUT2D eigenvalue weighted by atomic mass is 19.1. The van der Waals surface area contributed by atoms with E-state index < -0.39 is 0 Å². The number of anilines is 3. The Hall–Kier alpha value is -2.87. The van der Waals surface area contributed by atoms with Crippen LogP contribution < -0.4 is 16.0 Å². The lowest BCUT2D eigenvalue weighted by Gasteiger charge is -2.21. The van der Waals surface area contributed by atoms with E-state index in [-0.39, 0.29) is 18.5 Å². The summed E-state index contributed by atoms with van der Waals surface area (Å²) in [4.78, 5) is 4.53. The Morgan fingerprint density at radius 2 is 2.11 bits per heavy atom. The van der Waals surface area contributed by atoms with E-state index in [1.54, 1.807) is 18.2 Å². The van der Waals surface area contributed by atoms with Crippen molar-refractivity contribution < 1.29 is 9.50 Å². The predicted octanol–water partition coefficient (Wildman–Crippen LogP) is 3.73. The van der Waals surface area contributed by atoms with Gasteiger partial charge in [-0.25, -0.2) is 9.37 Å². The summed E-state index contributed by atoms with van der Waals surface area (Å²) in [5, 5.41) is 26.1. The standard InChI is InChI=1S/C20H27FN6O/c1-14(23-11-6-12-28)24-19-18(13-22)26-20(27(19)15-7-2-3-8-15)25-17-10-5-4-9-16(17)21/h4-5,9-10,13,15,22-24,28H,1-3,6-8,11-12H2,(H,25,26). The molecule has 1 fully saturated rings. The van der Waals surface area contributed by atoms with Crippen LogP contribution in [0.5, 0.6) is 0 Å². The Balaban J connectivity index is 1.93. The maximum Gasteiger partial charge on any atom is 0.209 e. The first-order chi connectivity index (χ1) is 13.6. The topological polar surface area (TPSA) is 98.0 Å². The molecule has 5 N–H and O–H groups in total. The van der Waals surface area contributed by atoms with E-state index >= 15 is 0 Å². The van der Waals surface area contributed by atoms with Gasteiger partial charge in [0, 0.05) is 25.4 Å². The van der Waals surface area contributed by atoms with Gasteiger partial charge in [0.25, 0.3) is 0 Å². The molecular formula is C20H27FN6O. The number of rotatable bonds is 10.